The smallest absolute Gasteiger partial charge is 0.262 e. The summed E-state index contributed by atoms with van der Waals surface area (Å²) in [6.07, 6.45) is 1.60. The largest absolute Gasteiger partial charge is 0.309 e. The average Bonchev–Trinajstić information content (AvgIpc) is 3.24. The maximum atomic E-state index is 12.8. The van der Waals surface area contributed by atoms with Crippen LogP contribution in [0.1, 0.15) is 38.8 Å². The molecule has 7 heteroatoms. The highest BCUT2D eigenvalue weighted by Gasteiger charge is 2.40. The number of anilines is 1. The van der Waals surface area contributed by atoms with E-state index in [2.05, 4.69) is 16.5 Å². The number of nitrogens with one attached hydrogen (secondary N) is 1. The van der Waals surface area contributed by atoms with Crippen molar-refractivity contribution >= 4 is 23.5 Å². The Bertz CT molecular complexity index is 1080. The first-order valence-electron chi connectivity index (χ1n) is 9.31. The molecule has 2 aromatic carbocycles. The van der Waals surface area contributed by atoms with Gasteiger partial charge in [-0.2, -0.15) is 5.10 Å². The third-order valence-corrected chi connectivity index (χ3v) is 4.97. The van der Waals surface area contributed by atoms with E-state index >= 15 is 0 Å². The zero-order valence-corrected chi connectivity index (χ0v) is 16.1. The number of hydrogen-bond donors (Lipinski definition) is 1. The van der Waals surface area contributed by atoms with Gasteiger partial charge in [-0.1, -0.05) is 42.0 Å². The van der Waals surface area contributed by atoms with Gasteiger partial charge >= 0.3 is 0 Å². The second-order valence-corrected chi connectivity index (χ2v) is 7.05. The highest BCUT2D eigenvalue weighted by Crippen LogP contribution is 2.25. The first-order valence-corrected chi connectivity index (χ1v) is 9.31. The second kappa shape index (κ2) is 7.35. The summed E-state index contributed by atoms with van der Waals surface area (Å²) in [5.41, 5.74) is 2.83. The molecule has 0 radical (unpaired) electrons. The monoisotopic (exact) mass is 388 g/mol. The predicted molar refractivity (Wildman–Crippen MR) is 108 cm³/mol. The Morgan fingerprint density at radius 2 is 1.72 bits per heavy atom. The van der Waals surface area contributed by atoms with E-state index in [0.29, 0.717) is 23.5 Å². The number of amides is 3. The summed E-state index contributed by atoms with van der Waals surface area (Å²) in [6, 6.07) is 15.3. The Labute approximate surface area is 167 Å². The van der Waals surface area contributed by atoms with Crippen LogP contribution in [0.4, 0.5) is 5.82 Å². The molecule has 146 valence electrons. The van der Waals surface area contributed by atoms with Gasteiger partial charge in [0.15, 0.2) is 0 Å². The predicted octanol–water partition coefficient (Wildman–Crippen LogP) is 2.86. The fraction of sp³-hybridized carbons (Fsp3) is 0.182. The molecule has 1 unspecified atom stereocenters. The van der Waals surface area contributed by atoms with Crippen molar-refractivity contribution in [1.82, 2.24) is 14.7 Å². The van der Waals surface area contributed by atoms with Crippen molar-refractivity contribution < 1.29 is 14.4 Å². The van der Waals surface area contributed by atoms with Crippen LogP contribution in [-0.2, 0) is 11.3 Å². The molecule has 0 saturated carbocycles. The van der Waals surface area contributed by atoms with Gasteiger partial charge < -0.3 is 5.32 Å². The minimum absolute atomic E-state index is 0.321. The standard InChI is InChI=1S/C22H20N4O3/c1-14-6-5-7-16(12-14)13-25-19(10-11-23-25)24-20(27)15(2)26-21(28)17-8-3-4-9-18(17)22(26)29/h3-12,15H,13H2,1-2H3,(H,24,27). The van der Waals surface area contributed by atoms with Crippen molar-refractivity contribution in [2.45, 2.75) is 26.4 Å². The summed E-state index contributed by atoms with van der Waals surface area (Å²) in [6.45, 7) is 4.04. The number of benzene rings is 2. The molecule has 1 N–H and O–H groups in total. The summed E-state index contributed by atoms with van der Waals surface area (Å²) in [5, 5.41) is 7.05. The second-order valence-electron chi connectivity index (χ2n) is 7.05. The lowest BCUT2D eigenvalue weighted by Crippen LogP contribution is -2.45. The number of hydrogen-bond acceptors (Lipinski definition) is 4. The molecule has 0 saturated heterocycles. The lowest BCUT2D eigenvalue weighted by atomic mass is 10.1. The molecule has 7 nitrogen and oxygen atoms in total. The fourth-order valence-corrected chi connectivity index (χ4v) is 3.46. The fourth-order valence-electron chi connectivity index (χ4n) is 3.46. The molecular weight excluding hydrogens is 368 g/mol. The highest BCUT2D eigenvalue weighted by atomic mass is 16.2. The Kier molecular flexibility index (Phi) is 4.72. The van der Waals surface area contributed by atoms with Crippen LogP contribution in [-0.4, -0.2) is 38.4 Å². The molecule has 1 aliphatic rings. The van der Waals surface area contributed by atoms with E-state index in [-0.39, 0.29) is 0 Å². The molecule has 1 aliphatic heterocycles. The zero-order chi connectivity index (χ0) is 20.5. The molecule has 3 amide bonds. The lowest BCUT2D eigenvalue weighted by molar-refractivity contribution is -0.119. The number of aryl methyl sites for hydroxylation is 1. The highest BCUT2D eigenvalue weighted by molar-refractivity contribution is 6.23. The summed E-state index contributed by atoms with van der Waals surface area (Å²) < 4.78 is 1.67. The van der Waals surface area contributed by atoms with Crippen LogP contribution in [0.2, 0.25) is 0 Å². The van der Waals surface area contributed by atoms with Gasteiger partial charge in [0.1, 0.15) is 11.9 Å². The number of fused-ring (bicyclic) bond motifs is 1. The van der Waals surface area contributed by atoms with Crippen LogP contribution in [0.5, 0.6) is 0 Å². The summed E-state index contributed by atoms with van der Waals surface area (Å²) in [7, 11) is 0. The number of carbonyl (C=O) groups excluding carboxylic acids is 3. The van der Waals surface area contributed by atoms with Crippen molar-refractivity contribution in [1.29, 1.82) is 0 Å². The van der Waals surface area contributed by atoms with Crippen LogP contribution in [0.3, 0.4) is 0 Å². The summed E-state index contributed by atoms with van der Waals surface area (Å²) in [5.74, 6) is -0.867. The first-order chi connectivity index (χ1) is 14.0. The van der Waals surface area contributed by atoms with Crippen LogP contribution in [0.25, 0.3) is 0 Å². The van der Waals surface area contributed by atoms with Crippen LogP contribution in [0, 0.1) is 6.92 Å². The van der Waals surface area contributed by atoms with E-state index in [0.717, 1.165) is 16.0 Å². The molecule has 2 heterocycles. The SMILES string of the molecule is Cc1cccc(Cn2nccc2NC(=O)C(C)N2C(=O)c3ccccc3C2=O)c1. The summed E-state index contributed by atoms with van der Waals surface area (Å²) >= 11 is 0. The molecular formula is C22H20N4O3. The van der Waals surface area contributed by atoms with E-state index in [4.69, 9.17) is 0 Å². The van der Waals surface area contributed by atoms with Gasteiger partial charge in [-0.25, -0.2) is 4.68 Å². The van der Waals surface area contributed by atoms with Crippen LogP contribution < -0.4 is 5.32 Å². The molecule has 0 bridgehead atoms. The third-order valence-electron chi connectivity index (χ3n) is 4.97. The van der Waals surface area contributed by atoms with Gasteiger partial charge in [0, 0.05) is 6.07 Å². The zero-order valence-electron chi connectivity index (χ0n) is 16.1. The Morgan fingerprint density at radius 1 is 1.03 bits per heavy atom. The van der Waals surface area contributed by atoms with E-state index in [1.165, 1.54) is 6.92 Å². The maximum Gasteiger partial charge on any atom is 0.262 e. The molecule has 1 aromatic heterocycles. The van der Waals surface area contributed by atoms with E-state index in [1.54, 1.807) is 41.2 Å². The number of imide groups is 1. The Balaban J connectivity index is 1.50. The topological polar surface area (TPSA) is 84.3 Å². The molecule has 0 aliphatic carbocycles. The van der Waals surface area contributed by atoms with Crippen molar-refractivity contribution in [3.8, 4) is 0 Å². The molecule has 4 rings (SSSR count). The molecule has 1 atom stereocenters. The Morgan fingerprint density at radius 3 is 2.38 bits per heavy atom. The van der Waals surface area contributed by atoms with E-state index in [9.17, 15) is 14.4 Å². The van der Waals surface area contributed by atoms with Gasteiger partial charge in [-0.3, -0.25) is 19.3 Å². The van der Waals surface area contributed by atoms with Gasteiger partial charge in [0.05, 0.1) is 23.9 Å². The Hall–Kier alpha value is -3.74. The molecule has 3 aromatic rings. The van der Waals surface area contributed by atoms with Crippen molar-refractivity contribution in [3.05, 3.63) is 83.0 Å². The van der Waals surface area contributed by atoms with Gasteiger partial charge in [-0.15, -0.1) is 0 Å². The van der Waals surface area contributed by atoms with E-state index in [1.807, 2.05) is 25.1 Å². The van der Waals surface area contributed by atoms with Gasteiger partial charge in [0.2, 0.25) is 5.91 Å². The molecule has 0 fully saturated rings. The third kappa shape index (κ3) is 3.42. The molecule has 29 heavy (non-hydrogen) atoms. The van der Waals surface area contributed by atoms with Crippen molar-refractivity contribution in [2.24, 2.45) is 0 Å². The minimum Gasteiger partial charge on any atom is -0.309 e. The number of carbonyl (C=O) groups is 3. The summed E-state index contributed by atoms with van der Waals surface area (Å²) in [4.78, 5) is 39.0. The normalized spacial score (nSPS) is 14.1. The molecule has 0 spiro atoms. The number of nitrogens with zero attached hydrogens (tertiary/aromatic N) is 3. The first kappa shape index (κ1) is 18.6. The van der Waals surface area contributed by atoms with Crippen LogP contribution in [0.15, 0.2) is 60.8 Å². The number of aromatic nitrogens is 2. The lowest BCUT2D eigenvalue weighted by Gasteiger charge is -2.22. The number of rotatable bonds is 5. The van der Waals surface area contributed by atoms with Gasteiger partial charge in [-0.05, 0) is 31.5 Å². The average molecular weight is 388 g/mol. The van der Waals surface area contributed by atoms with Crippen LogP contribution >= 0.6 is 0 Å². The van der Waals surface area contributed by atoms with Gasteiger partial charge in [0.25, 0.3) is 11.8 Å². The van der Waals surface area contributed by atoms with Crippen molar-refractivity contribution in [3.63, 3.8) is 0 Å². The quantitative estimate of drug-likeness (QED) is 0.681. The van der Waals surface area contributed by atoms with Crippen molar-refractivity contribution in [2.75, 3.05) is 5.32 Å². The van der Waals surface area contributed by atoms with E-state index < -0.39 is 23.8 Å². The maximum absolute atomic E-state index is 12.8. The minimum atomic E-state index is -0.954.